The Bertz CT molecular complexity index is 399. The van der Waals surface area contributed by atoms with Gasteiger partial charge in [0.1, 0.15) is 0 Å². The van der Waals surface area contributed by atoms with Crippen molar-refractivity contribution in [3.8, 4) is 0 Å². The molecule has 2 aliphatic rings. The van der Waals surface area contributed by atoms with Crippen molar-refractivity contribution in [2.75, 3.05) is 65.7 Å². The largest absolute Gasteiger partial charge is 0.379 e. The lowest BCUT2D eigenvalue weighted by Gasteiger charge is -2.26. The molecule has 130 valence electrons. The second kappa shape index (κ2) is 9.42. The third-order valence-electron chi connectivity index (χ3n) is 4.86. The van der Waals surface area contributed by atoms with Crippen molar-refractivity contribution in [2.45, 2.75) is 25.7 Å². The molecule has 0 spiro atoms. The number of rotatable bonds is 8. The molecule has 5 heteroatoms. The summed E-state index contributed by atoms with van der Waals surface area (Å²) < 4.78 is 10.8. The fourth-order valence-corrected chi connectivity index (χ4v) is 3.42. The van der Waals surface area contributed by atoms with Crippen molar-refractivity contribution in [2.24, 2.45) is 0 Å². The van der Waals surface area contributed by atoms with Gasteiger partial charge >= 0.3 is 0 Å². The molecule has 3 rings (SSSR count). The molecule has 1 aromatic rings. The van der Waals surface area contributed by atoms with Crippen LogP contribution < -0.4 is 0 Å². The molecule has 0 radical (unpaired) electrons. The van der Waals surface area contributed by atoms with Gasteiger partial charge in [-0.05, 0) is 50.9 Å². The summed E-state index contributed by atoms with van der Waals surface area (Å²) in [4.78, 5) is 8.62. The molecule has 1 aromatic heterocycles. The van der Waals surface area contributed by atoms with E-state index in [0.717, 1.165) is 65.4 Å². The number of ether oxygens (including phenoxy) is 2. The van der Waals surface area contributed by atoms with E-state index in [-0.39, 0.29) is 0 Å². The lowest BCUT2D eigenvalue weighted by molar-refractivity contribution is 0.0374. The van der Waals surface area contributed by atoms with Gasteiger partial charge in [-0.2, -0.15) is 0 Å². The van der Waals surface area contributed by atoms with Gasteiger partial charge in [-0.25, -0.2) is 0 Å². The van der Waals surface area contributed by atoms with E-state index in [4.69, 9.17) is 9.47 Å². The number of hydrogen-bond acceptors (Lipinski definition) is 4. The molecule has 0 atom stereocenters. The first-order chi connectivity index (χ1) is 11.4. The lowest BCUT2D eigenvalue weighted by atomic mass is 10.2. The van der Waals surface area contributed by atoms with E-state index < -0.39 is 0 Å². The second-order valence-corrected chi connectivity index (χ2v) is 6.62. The molecule has 0 unspecified atom stereocenters. The maximum atomic E-state index is 5.39. The maximum absolute atomic E-state index is 5.39. The highest BCUT2D eigenvalue weighted by Gasteiger charge is 2.11. The molecule has 3 heterocycles. The molecule has 5 nitrogen and oxygen atoms in total. The van der Waals surface area contributed by atoms with Crippen molar-refractivity contribution in [3.63, 3.8) is 0 Å². The predicted molar refractivity (Wildman–Crippen MR) is 92.0 cm³/mol. The van der Waals surface area contributed by atoms with Gasteiger partial charge in [-0.1, -0.05) is 0 Å². The molecule has 0 aromatic carbocycles. The average molecular weight is 321 g/mol. The molecule has 2 aliphatic heterocycles. The van der Waals surface area contributed by atoms with E-state index in [1.165, 1.54) is 37.3 Å². The lowest BCUT2D eigenvalue weighted by Crippen LogP contribution is -2.37. The zero-order chi connectivity index (χ0) is 15.7. The van der Waals surface area contributed by atoms with Gasteiger partial charge in [0.2, 0.25) is 0 Å². The van der Waals surface area contributed by atoms with Crippen LogP contribution in [0.3, 0.4) is 0 Å². The molecule has 0 amide bonds. The molecule has 2 saturated heterocycles. The Hall–Kier alpha value is -0.880. The van der Waals surface area contributed by atoms with Crippen LogP contribution in [0.15, 0.2) is 12.1 Å². The first-order valence-corrected chi connectivity index (χ1v) is 9.17. The Labute approximate surface area is 139 Å². The van der Waals surface area contributed by atoms with Crippen LogP contribution >= 0.6 is 0 Å². The quantitative estimate of drug-likeness (QED) is 0.789. The van der Waals surface area contributed by atoms with Gasteiger partial charge in [0.15, 0.2) is 0 Å². The van der Waals surface area contributed by atoms with E-state index in [1.807, 2.05) is 0 Å². The monoisotopic (exact) mass is 321 g/mol. The van der Waals surface area contributed by atoms with Crippen molar-refractivity contribution in [3.05, 3.63) is 23.5 Å². The average Bonchev–Trinajstić information content (AvgIpc) is 3.05. The number of aromatic amines is 1. The van der Waals surface area contributed by atoms with E-state index in [9.17, 15) is 0 Å². The highest BCUT2D eigenvalue weighted by Crippen LogP contribution is 2.09. The van der Waals surface area contributed by atoms with Gasteiger partial charge in [0, 0.05) is 37.6 Å². The molecule has 0 saturated carbocycles. The summed E-state index contributed by atoms with van der Waals surface area (Å²) in [5, 5.41) is 0. The minimum Gasteiger partial charge on any atom is -0.379 e. The number of H-pyrrole nitrogens is 1. The number of aryl methyl sites for hydroxylation is 2. The number of hydrogen-bond donors (Lipinski definition) is 1. The van der Waals surface area contributed by atoms with Crippen LogP contribution in [0.2, 0.25) is 0 Å². The SMILES string of the molecule is c1cc(CCCN2CCOCC2)[nH]c1CCCN1CCOCC1. The van der Waals surface area contributed by atoms with Crippen LogP contribution in [0, 0.1) is 0 Å². The number of morpholine rings is 2. The van der Waals surface area contributed by atoms with Crippen LogP contribution in [-0.2, 0) is 22.3 Å². The normalized spacial score (nSPS) is 20.9. The molecule has 1 N–H and O–H groups in total. The van der Waals surface area contributed by atoms with Gasteiger partial charge in [-0.15, -0.1) is 0 Å². The highest BCUT2D eigenvalue weighted by atomic mass is 16.5. The van der Waals surface area contributed by atoms with E-state index in [1.54, 1.807) is 0 Å². The van der Waals surface area contributed by atoms with Crippen LogP contribution in [0.4, 0.5) is 0 Å². The summed E-state index contributed by atoms with van der Waals surface area (Å²) in [5.41, 5.74) is 2.78. The minimum absolute atomic E-state index is 0.899. The van der Waals surface area contributed by atoms with Crippen molar-refractivity contribution in [1.29, 1.82) is 0 Å². The van der Waals surface area contributed by atoms with Crippen LogP contribution in [0.1, 0.15) is 24.2 Å². The Morgan fingerprint density at radius 1 is 0.739 bits per heavy atom. The fourth-order valence-electron chi connectivity index (χ4n) is 3.42. The molecule has 23 heavy (non-hydrogen) atoms. The first-order valence-electron chi connectivity index (χ1n) is 9.17. The topological polar surface area (TPSA) is 40.7 Å². The van der Waals surface area contributed by atoms with Gasteiger partial charge in [-0.3, -0.25) is 9.80 Å². The Kier molecular flexibility index (Phi) is 6.95. The zero-order valence-electron chi connectivity index (χ0n) is 14.3. The van der Waals surface area contributed by atoms with E-state index >= 15 is 0 Å². The zero-order valence-corrected chi connectivity index (χ0v) is 14.3. The summed E-state index contributed by atoms with van der Waals surface area (Å²) in [6.45, 7) is 10.4. The van der Waals surface area contributed by atoms with Crippen LogP contribution in [0.25, 0.3) is 0 Å². The first kappa shape index (κ1) is 17.0. The Morgan fingerprint density at radius 2 is 1.17 bits per heavy atom. The number of aromatic nitrogens is 1. The van der Waals surface area contributed by atoms with E-state index in [0.29, 0.717) is 0 Å². The summed E-state index contributed by atoms with van der Waals surface area (Å²) in [7, 11) is 0. The van der Waals surface area contributed by atoms with Crippen molar-refractivity contribution in [1.82, 2.24) is 14.8 Å². The highest BCUT2D eigenvalue weighted by molar-refractivity contribution is 5.13. The van der Waals surface area contributed by atoms with Gasteiger partial charge in [0.05, 0.1) is 26.4 Å². The summed E-state index contributed by atoms with van der Waals surface area (Å²) in [6.07, 6.45) is 4.77. The van der Waals surface area contributed by atoms with Gasteiger partial charge in [0.25, 0.3) is 0 Å². The number of nitrogens with zero attached hydrogens (tertiary/aromatic N) is 2. The molecule has 0 bridgehead atoms. The van der Waals surface area contributed by atoms with Gasteiger partial charge < -0.3 is 14.5 Å². The summed E-state index contributed by atoms with van der Waals surface area (Å²) in [6, 6.07) is 4.53. The van der Waals surface area contributed by atoms with E-state index in [2.05, 4.69) is 26.9 Å². The van der Waals surface area contributed by atoms with Crippen LogP contribution in [-0.4, -0.2) is 80.5 Å². The number of nitrogens with one attached hydrogen (secondary N) is 1. The molecular formula is C18H31N3O2. The Balaban J connectivity index is 1.29. The maximum Gasteiger partial charge on any atom is 0.0594 e. The second-order valence-electron chi connectivity index (χ2n) is 6.62. The van der Waals surface area contributed by atoms with Crippen molar-refractivity contribution < 1.29 is 9.47 Å². The smallest absolute Gasteiger partial charge is 0.0594 e. The Morgan fingerprint density at radius 3 is 1.61 bits per heavy atom. The third kappa shape index (κ3) is 5.92. The van der Waals surface area contributed by atoms with Crippen molar-refractivity contribution >= 4 is 0 Å². The van der Waals surface area contributed by atoms with Crippen LogP contribution in [0.5, 0.6) is 0 Å². The summed E-state index contributed by atoms with van der Waals surface area (Å²) >= 11 is 0. The summed E-state index contributed by atoms with van der Waals surface area (Å²) in [5.74, 6) is 0. The molecular weight excluding hydrogens is 290 g/mol. The molecule has 0 aliphatic carbocycles. The third-order valence-corrected chi connectivity index (χ3v) is 4.86. The standard InChI is InChI=1S/C18H31N3O2/c1(7-20-9-13-22-14-10-20)3-17-5-6-18(19-17)4-2-8-21-11-15-23-16-12-21/h5-6,19H,1-4,7-16H2. The fraction of sp³-hybridized carbons (Fsp3) is 0.778. The molecule has 2 fully saturated rings. The minimum atomic E-state index is 0.899. The predicted octanol–water partition coefficient (Wildman–Crippen LogP) is 1.54.